The van der Waals surface area contributed by atoms with Gasteiger partial charge in [-0.15, -0.1) is 0 Å². The van der Waals surface area contributed by atoms with Gasteiger partial charge in [-0.1, -0.05) is 31.2 Å². The zero-order valence-corrected chi connectivity index (χ0v) is 24.1. The Morgan fingerprint density at radius 2 is 1.51 bits per heavy atom. The van der Waals surface area contributed by atoms with E-state index in [2.05, 4.69) is 0 Å². The summed E-state index contributed by atoms with van der Waals surface area (Å²) < 4.78 is 10.4. The summed E-state index contributed by atoms with van der Waals surface area (Å²) >= 11 is 0. The van der Waals surface area contributed by atoms with Gasteiger partial charge in [0, 0.05) is 43.3 Å². The number of aliphatic hydroxyl groups is 2. The standard InChI is InChI=1S/C31H33N3O9/c1-18(6-4-5-13-35)31(41)24-14-23(34-27(39)16-29(34)43-20(3)37)11-12-25(24)32(30(31)40)17-21-7-9-22(10-8-21)33-26(38)15-28(33)42-19(2)36/h4,6-12,14,18,28-29,35,41H,5,13,15-17H2,1-3H3/b6-4+/t18-,28?,29?,31+/m1/s1. The molecule has 3 heterocycles. The quantitative estimate of drug-likeness (QED) is 0.241. The van der Waals surface area contributed by atoms with Crippen molar-refractivity contribution in [3.63, 3.8) is 0 Å². The fourth-order valence-corrected chi connectivity index (χ4v) is 5.67. The monoisotopic (exact) mass is 591 g/mol. The van der Waals surface area contributed by atoms with Gasteiger partial charge < -0.3 is 24.6 Å². The van der Waals surface area contributed by atoms with Crippen molar-refractivity contribution >= 4 is 46.7 Å². The Hall–Kier alpha value is -4.55. The maximum absolute atomic E-state index is 14.0. The fraction of sp³-hybridized carbons (Fsp3) is 0.387. The molecule has 0 radical (unpaired) electrons. The van der Waals surface area contributed by atoms with Crippen molar-refractivity contribution in [1.29, 1.82) is 0 Å². The van der Waals surface area contributed by atoms with Crippen LogP contribution < -0.4 is 14.7 Å². The molecule has 2 aromatic rings. The van der Waals surface area contributed by atoms with E-state index in [-0.39, 0.29) is 37.8 Å². The summed E-state index contributed by atoms with van der Waals surface area (Å²) in [4.78, 5) is 65.7. The van der Waals surface area contributed by atoms with E-state index in [1.165, 1.54) is 28.5 Å². The molecule has 226 valence electrons. The van der Waals surface area contributed by atoms with Gasteiger partial charge in [-0.05, 0) is 42.3 Å². The van der Waals surface area contributed by atoms with Crippen molar-refractivity contribution in [2.75, 3.05) is 21.3 Å². The number of benzene rings is 2. The molecule has 3 aliphatic rings. The number of ether oxygens (including phenoxy) is 2. The summed E-state index contributed by atoms with van der Waals surface area (Å²) in [5.41, 5.74) is 0.405. The molecule has 0 spiro atoms. The lowest BCUT2D eigenvalue weighted by Crippen LogP contribution is -2.55. The predicted molar refractivity (Wildman–Crippen MR) is 153 cm³/mol. The number of hydrogen-bond donors (Lipinski definition) is 2. The van der Waals surface area contributed by atoms with Crippen LogP contribution in [0.25, 0.3) is 0 Å². The summed E-state index contributed by atoms with van der Waals surface area (Å²) in [5, 5.41) is 21.2. The Bertz CT molecular complexity index is 1500. The highest BCUT2D eigenvalue weighted by atomic mass is 16.6. The summed E-state index contributed by atoms with van der Waals surface area (Å²) in [6.45, 7) is 4.24. The maximum atomic E-state index is 14.0. The first kappa shape index (κ1) is 29.9. The zero-order valence-electron chi connectivity index (χ0n) is 24.1. The molecular formula is C31H33N3O9. The molecule has 2 N–H and O–H groups in total. The lowest BCUT2D eigenvalue weighted by Gasteiger charge is -2.39. The molecule has 2 aromatic carbocycles. The number of nitrogens with zero attached hydrogens (tertiary/aromatic N) is 3. The lowest BCUT2D eigenvalue weighted by atomic mass is 9.82. The first-order chi connectivity index (χ1) is 20.4. The number of carbonyl (C=O) groups excluding carboxylic acids is 5. The van der Waals surface area contributed by atoms with E-state index < -0.39 is 41.8 Å². The van der Waals surface area contributed by atoms with Crippen molar-refractivity contribution < 1.29 is 43.7 Å². The molecule has 2 fully saturated rings. The number of carbonyl (C=O) groups is 5. The van der Waals surface area contributed by atoms with Gasteiger partial charge in [-0.25, -0.2) is 0 Å². The molecule has 0 bridgehead atoms. The van der Waals surface area contributed by atoms with Crippen LogP contribution in [0.5, 0.6) is 0 Å². The Labute approximate surface area is 248 Å². The molecule has 0 saturated carbocycles. The summed E-state index contributed by atoms with van der Waals surface area (Å²) in [7, 11) is 0. The molecule has 12 heteroatoms. The van der Waals surface area contributed by atoms with Crippen LogP contribution >= 0.6 is 0 Å². The molecule has 5 rings (SSSR count). The highest BCUT2D eigenvalue weighted by molar-refractivity contribution is 6.08. The number of rotatable bonds is 10. The normalized spacial score (nSPS) is 23.7. The summed E-state index contributed by atoms with van der Waals surface area (Å²) in [6.07, 6.45) is 2.42. The third kappa shape index (κ3) is 5.39. The highest BCUT2D eigenvalue weighted by Gasteiger charge is 2.53. The number of hydrogen-bond acceptors (Lipinski definition) is 9. The Morgan fingerprint density at radius 3 is 2.05 bits per heavy atom. The van der Waals surface area contributed by atoms with E-state index in [4.69, 9.17) is 9.47 Å². The first-order valence-electron chi connectivity index (χ1n) is 14.0. The second-order valence-corrected chi connectivity index (χ2v) is 10.8. The first-order valence-corrected chi connectivity index (χ1v) is 14.0. The number of β-lactam (4-membered cyclic amide) rings is 2. The third-order valence-electron chi connectivity index (χ3n) is 7.88. The van der Waals surface area contributed by atoms with Gasteiger partial charge in [0.1, 0.15) is 0 Å². The van der Waals surface area contributed by atoms with Gasteiger partial charge >= 0.3 is 11.9 Å². The van der Waals surface area contributed by atoms with Crippen LogP contribution in [0.3, 0.4) is 0 Å². The zero-order chi connectivity index (χ0) is 31.1. The lowest BCUT2D eigenvalue weighted by molar-refractivity contribution is -0.155. The minimum Gasteiger partial charge on any atom is -0.441 e. The second-order valence-electron chi connectivity index (χ2n) is 10.8. The topological polar surface area (TPSA) is 154 Å². The van der Waals surface area contributed by atoms with Crippen molar-refractivity contribution in [1.82, 2.24) is 0 Å². The Morgan fingerprint density at radius 1 is 0.953 bits per heavy atom. The second kappa shape index (κ2) is 11.6. The number of aliphatic hydroxyl groups excluding tert-OH is 1. The van der Waals surface area contributed by atoms with E-state index in [1.54, 1.807) is 61.5 Å². The van der Waals surface area contributed by atoms with E-state index >= 15 is 0 Å². The van der Waals surface area contributed by atoms with Gasteiger partial charge in [-0.2, -0.15) is 0 Å². The number of fused-ring (bicyclic) bond motifs is 1. The van der Waals surface area contributed by atoms with Crippen LogP contribution in [-0.2, 0) is 45.6 Å². The number of esters is 2. The third-order valence-corrected chi connectivity index (χ3v) is 7.88. The van der Waals surface area contributed by atoms with Gasteiger partial charge in [0.05, 0.1) is 25.1 Å². The molecule has 2 saturated heterocycles. The highest BCUT2D eigenvalue weighted by Crippen LogP contribution is 2.48. The summed E-state index contributed by atoms with van der Waals surface area (Å²) in [5.74, 6) is -2.71. The predicted octanol–water partition coefficient (Wildman–Crippen LogP) is 2.25. The molecule has 43 heavy (non-hydrogen) atoms. The number of anilines is 3. The minimum atomic E-state index is -1.98. The van der Waals surface area contributed by atoms with E-state index in [1.807, 2.05) is 0 Å². The number of amides is 3. The van der Waals surface area contributed by atoms with E-state index in [0.717, 1.165) is 0 Å². The van der Waals surface area contributed by atoms with Crippen molar-refractivity contribution in [3.05, 3.63) is 65.7 Å². The van der Waals surface area contributed by atoms with Crippen LogP contribution in [0.15, 0.2) is 54.6 Å². The SMILES string of the molecule is CC(=O)OC1CC(=O)N1c1ccc(CN2C(=O)[C@](O)([C@H](C)/C=C/CCO)c3cc(N4C(=O)CC4OC(C)=O)ccc32)cc1. The maximum Gasteiger partial charge on any atom is 0.304 e. The van der Waals surface area contributed by atoms with Crippen LogP contribution in [0.4, 0.5) is 17.1 Å². The van der Waals surface area contributed by atoms with Crippen molar-refractivity contribution in [3.8, 4) is 0 Å². The fourth-order valence-electron chi connectivity index (χ4n) is 5.67. The van der Waals surface area contributed by atoms with Crippen molar-refractivity contribution in [2.45, 2.75) is 64.6 Å². The molecule has 12 nitrogen and oxygen atoms in total. The largest absolute Gasteiger partial charge is 0.441 e. The van der Waals surface area contributed by atoms with Gasteiger partial charge in [0.2, 0.25) is 11.8 Å². The molecule has 0 aromatic heterocycles. The molecule has 3 amide bonds. The van der Waals surface area contributed by atoms with Crippen molar-refractivity contribution in [2.24, 2.45) is 5.92 Å². The average Bonchev–Trinajstić information content (AvgIpc) is 3.15. The average molecular weight is 592 g/mol. The molecule has 2 unspecified atom stereocenters. The van der Waals surface area contributed by atoms with E-state index in [0.29, 0.717) is 34.6 Å². The Balaban J connectivity index is 1.45. The van der Waals surface area contributed by atoms with Gasteiger partial charge in [-0.3, -0.25) is 33.8 Å². The molecular weight excluding hydrogens is 558 g/mol. The smallest absolute Gasteiger partial charge is 0.304 e. The summed E-state index contributed by atoms with van der Waals surface area (Å²) in [6, 6.07) is 11.8. The van der Waals surface area contributed by atoms with Gasteiger partial charge in [0.15, 0.2) is 18.1 Å². The molecule has 3 aliphatic heterocycles. The van der Waals surface area contributed by atoms with Crippen LogP contribution in [0.1, 0.15) is 51.2 Å². The van der Waals surface area contributed by atoms with Crippen LogP contribution in [0, 0.1) is 5.92 Å². The van der Waals surface area contributed by atoms with Crippen LogP contribution in [0.2, 0.25) is 0 Å². The Kier molecular flexibility index (Phi) is 8.08. The van der Waals surface area contributed by atoms with Gasteiger partial charge in [0.25, 0.3) is 5.91 Å². The molecule has 4 atom stereocenters. The minimum absolute atomic E-state index is 0.0347. The molecule has 0 aliphatic carbocycles. The van der Waals surface area contributed by atoms with E-state index in [9.17, 15) is 34.2 Å². The van der Waals surface area contributed by atoms with Crippen LogP contribution in [-0.4, -0.2) is 58.9 Å².